The molecule has 1 saturated heterocycles. The van der Waals surface area contributed by atoms with Crippen molar-refractivity contribution in [1.82, 2.24) is 14.6 Å². The number of nitro groups is 1. The third kappa shape index (κ3) is 3.23. The molecule has 10 heteroatoms. The molecule has 25 heavy (non-hydrogen) atoms. The number of hydrogen-bond donors (Lipinski definition) is 1. The number of aromatic nitrogens is 1. The second-order valence-electron chi connectivity index (χ2n) is 5.47. The molecule has 1 aromatic heterocycles. The average molecular weight is 366 g/mol. The fraction of sp³-hybridized carbons (Fsp3) is 0.267. The van der Waals surface area contributed by atoms with E-state index in [0.717, 1.165) is 22.5 Å². The zero-order valence-corrected chi connectivity index (χ0v) is 13.8. The number of nitro benzene ring substituents is 1. The molecule has 1 fully saturated rings. The van der Waals surface area contributed by atoms with E-state index in [1.165, 1.54) is 0 Å². The van der Waals surface area contributed by atoms with Gasteiger partial charge in [-0.3, -0.25) is 15.1 Å². The Morgan fingerprint density at radius 1 is 1.32 bits per heavy atom. The Bertz CT molecular complexity index is 892. The van der Waals surface area contributed by atoms with Crippen molar-refractivity contribution < 1.29 is 17.7 Å². The van der Waals surface area contributed by atoms with Crippen molar-refractivity contribution in [2.75, 3.05) is 19.6 Å². The monoisotopic (exact) mass is 366 g/mol. The third-order valence-electron chi connectivity index (χ3n) is 3.98. The number of pyridine rings is 1. The standard InChI is InChI=1S/C15H15FN4O4S/c16-12-4-1-5-14(15(12)20(21)22)25(23,24)19-8-7-18-10-13(19)11-3-2-6-17-9-11/h1-6,9,13,18H,7-8,10H2. The Morgan fingerprint density at radius 2 is 2.12 bits per heavy atom. The molecule has 1 unspecified atom stereocenters. The summed E-state index contributed by atoms with van der Waals surface area (Å²) in [6, 6.07) is 5.89. The van der Waals surface area contributed by atoms with Crippen LogP contribution in [0.2, 0.25) is 0 Å². The number of halogens is 1. The topological polar surface area (TPSA) is 105 Å². The Labute approximate surface area is 143 Å². The predicted molar refractivity (Wildman–Crippen MR) is 86.8 cm³/mol. The summed E-state index contributed by atoms with van der Waals surface area (Å²) in [5, 5.41) is 14.3. The van der Waals surface area contributed by atoms with Crippen LogP contribution in [0.3, 0.4) is 0 Å². The zero-order valence-electron chi connectivity index (χ0n) is 13.0. The number of sulfonamides is 1. The van der Waals surface area contributed by atoms with Crippen LogP contribution in [-0.2, 0) is 10.0 Å². The molecular weight excluding hydrogens is 351 g/mol. The van der Waals surface area contributed by atoms with Gasteiger partial charge in [0.2, 0.25) is 5.82 Å². The molecule has 1 aliphatic heterocycles. The maximum absolute atomic E-state index is 13.9. The second kappa shape index (κ2) is 6.82. The number of nitrogens with one attached hydrogen (secondary N) is 1. The lowest BCUT2D eigenvalue weighted by atomic mass is 10.1. The maximum Gasteiger partial charge on any atom is 0.324 e. The van der Waals surface area contributed by atoms with Gasteiger partial charge < -0.3 is 5.32 Å². The Morgan fingerprint density at radius 3 is 2.80 bits per heavy atom. The molecule has 3 rings (SSSR count). The van der Waals surface area contributed by atoms with Crippen molar-refractivity contribution in [1.29, 1.82) is 0 Å². The molecule has 132 valence electrons. The Balaban J connectivity index is 2.10. The summed E-state index contributed by atoms with van der Waals surface area (Å²) in [6.45, 7) is 0.822. The molecule has 0 bridgehead atoms. The molecule has 0 radical (unpaired) electrons. The lowest BCUT2D eigenvalue weighted by Gasteiger charge is -2.35. The molecule has 8 nitrogen and oxygen atoms in total. The highest BCUT2D eigenvalue weighted by Gasteiger charge is 2.39. The predicted octanol–water partition coefficient (Wildman–Crippen LogP) is 1.46. The van der Waals surface area contributed by atoms with Gasteiger partial charge in [0.1, 0.15) is 0 Å². The highest BCUT2D eigenvalue weighted by molar-refractivity contribution is 7.89. The summed E-state index contributed by atoms with van der Waals surface area (Å²) < 4.78 is 41.1. The summed E-state index contributed by atoms with van der Waals surface area (Å²) in [6.07, 6.45) is 3.11. The van der Waals surface area contributed by atoms with Gasteiger partial charge >= 0.3 is 5.69 Å². The van der Waals surface area contributed by atoms with Gasteiger partial charge in [-0.15, -0.1) is 0 Å². The van der Waals surface area contributed by atoms with Crippen LogP contribution in [-0.4, -0.2) is 42.3 Å². The van der Waals surface area contributed by atoms with Gasteiger partial charge in [0.15, 0.2) is 4.90 Å². The summed E-state index contributed by atoms with van der Waals surface area (Å²) in [5.41, 5.74) is -0.386. The number of piperazine rings is 1. The van der Waals surface area contributed by atoms with E-state index in [1.807, 2.05) is 0 Å². The molecule has 0 amide bonds. The van der Waals surface area contributed by atoms with Gasteiger partial charge in [0.25, 0.3) is 10.0 Å². The number of nitrogens with zero attached hydrogens (tertiary/aromatic N) is 3. The van der Waals surface area contributed by atoms with E-state index in [-0.39, 0.29) is 6.54 Å². The van der Waals surface area contributed by atoms with Gasteiger partial charge in [-0.1, -0.05) is 12.1 Å². The van der Waals surface area contributed by atoms with Crippen molar-refractivity contribution in [2.45, 2.75) is 10.9 Å². The average Bonchev–Trinajstić information content (AvgIpc) is 2.62. The first-order chi connectivity index (χ1) is 11.9. The molecule has 1 N–H and O–H groups in total. The highest BCUT2D eigenvalue weighted by Crippen LogP contribution is 2.34. The smallest absolute Gasteiger partial charge is 0.313 e. The van der Waals surface area contributed by atoms with Crippen LogP contribution < -0.4 is 5.32 Å². The first-order valence-electron chi connectivity index (χ1n) is 7.48. The van der Waals surface area contributed by atoms with Crippen LogP contribution in [0.25, 0.3) is 0 Å². The maximum atomic E-state index is 13.9. The SMILES string of the molecule is O=[N+]([O-])c1c(F)cccc1S(=O)(=O)N1CCNCC1c1cccnc1. The minimum Gasteiger partial charge on any atom is -0.313 e. The molecule has 0 spiro atoms. The molecule has 0 aliphatic carbocycles. The Hall–Kier alpha value is -2.43. The van der Waals surface area contributed by atoms with Gasteiger partial charge in [0.05, 0.1) is 11.0 Å². The minimum atomic E-state index is -4.27. The zero-order chi connectivity index (χ0) is 18.0. The molecule has 1 aliphatic rings. The molecule has 2 heterocycles. The molecular formula is C15H15FN4O4S. The van der Waals surface area contributed by atoms with E-state index < -0.39 is 37.4 Å². The summed E-state index contributed by atoms with van der Waals surface area (Å²) >= 11 is 0. The van der Waals surface area contributed by atoms with Crippen molar-refractivity contribution in [3.63, 3.8) is 0 Å². The van der Waals surface area contributed by atoms with E-state index in [4.69, 9.17) is 0 Å². The van der Waals surface area contributed by atoms with E-state index in [2.05, 4.69) is 10.3 Å². The quantitative estimate of drug-likeness (QED) is 0.649. The highest BCUT2D eigenvalue weighted by atomic mass is 32.2. The lowest BCUT2D eigenvalue weighted by molar-refractivity contribution is -0.390. The largest absolute Gasteiger partial charge is 0.324 e. The molecule has 0 saturated carbocycles. The summed E-state index contributed by atoms with van der Waals surface area (Å²) in [4.78, 5) is 13.5. The molecule has 2 aromatic rings. The first-order valence-corrected chi connectivity index (χ1v) is 8.92. The number of rotatable bonds is 4. The van der Waals surface area contributed by atoms with Crippen molar-refractivity contribution >= 4 is 15.7 Å². The first kappa shape index (κ1) is 17.4. The van der Waals surface area contributed by atoms with E-state index >= 15 is 0 Å². The van der Waals surface area contributed by atoms with E-state index in [9.17, 15) is 22.9 Å². The van der Waals surface area contributed by atoms with Gasteiger partial charge in [-0.25, -0.2) is 8.42 Å². The Kier molecular flexibility index (Phi) is 4.75. The number of para-hydroxylation sites is 1. The van der Waals surface area contributed by atoms with Crippen molar-refractivity contribution in [3.05, 3.63) is 64.2 Å². The van der Waals surface area contributed by atoms with Crippen LogP contribution in [0.4, 0.5) is 10.1 Å². The van der Waals surface area contributed by atoms with Gasteiger partial charge in [0, 0.05) is 32.0 Å². The van der Waals surface area contributed by atoms with Crippen LogP contribution in [0, 0.1) is 15.9 Å². The fourth-order valence-corrected chi connectivity index (χ4v) is 4.62. The van der Waals surface area contributed by atoms with Gasteiger partial charge in [-0.2, -0.15) is 8.70 Å². The minimum absolute atomic E-state index is 0.107. The van der Waals surface area contributed by atoms with Crippen LogP contribution >= 0.6 is 0 Å². The van der Waals surface area contributed by atoms with Crippen molar-refractivity contribution in [2.24, 2.45) is 0 Å². The summed E-state index contributed by atoms with van der Waals surface area (Å²) in [7, 11) is -4.27. The van der Waals surface area contributed by atoms with E-state index in [0.29, 0.717) is 18.7 Å². The normalized spacial score (nSPS) is 18.8. The third-order valence-corrected chi connectivity index (χ3v) is 5.92. The number of benzene rings is 1. The van der Waals surface area contributed by atoms with Gasteiger partial charge in [-0.05, 0) is 23.8 Å². The van der Waals surface area contributed by atoms with Crippen LogP contribution in [0.15, 0.2) is 47.6 Å². The lowest BCUT2D eigenvalue weighted by Crippen LogP contribution is -2.48. The van der Waals surface area contributed by atoms with E-state index in [1.54, 1.807) is 24.5 Å². The summed E-state index contributed by atoms with van der Waals surface area (Å²) in [5.74, 6) is -1.18. The number of hydrogen-bond acceptors (Lipinski definition) is 6. The fourth-order valence-electron chi connectivity index (χ4n) is 2.84. The van der Waals surface area contributed by atoms with Crippen LogP contribution in [0.5, 0.6) is 0 Å². The molecule has 1 aromatic carbocycles. The second-order valence-corrected chi connectivity index (χ2v) is 7.32. The molecule has 1 atom stereocenters. The van der Waals surface area contributed by atoms with Crippen molar-refractivity contribution in [3.8, 4) is 0 Å². The van der Waals surface area contributed by atoms with Crippen LogP contribution in [0.1, 0.15) is 11.6 Å².